The Kier molecular flexibility index (Phi) is 3.16. The maximum absolute atomic E-state index is 11.5. The third-order valence-electron chi connectivity index (χ3n) is 2.29. The summed E-state index contributed by atoms with van der Waals surface area (Å²) in [6.07, 6.45) is 1.73. The van der Waals surface area contributed by atoms with Crippen molar-refractivity contribution in [2.75, 3.05) is 18.4 Å². The zero-order valence-corrected chi connectivity index (χ0v) is 9.08. The number of hydrogen-bond donors (Lipinski definition) is 3. The standard InChI is InChI=1S/C11H14N4O/c1-2-12-7-10(16)14-9-5-3-4-8-6-13-15-11(8)9/h3-6,12H,2,7H2,1H3,(H,13,15)(H,14,16). The quantitative estimate of drug-likeness (QED) is 0.720. The highest BCUT2D eigenvalue weighted by atomic mass is 16.1. The van der Waals surface area contributed by atoms with Gasteiger partial charge in [0, 0.05) is 5.39 Å². The van der Waals surface area contributed by atoms with Gasteiger partial charge in [0.1, 0.15) is 0 Å². The molecular formula is C11H14N4O. The van der Waals surface area contributed by atoms with Gasteiger partial charge in [-0.25, -0.2) is 0 Å². The molecule has 0 saturated carbocycles. The minimum atomic E-state index is -0.0519. The second kappa shape index (κ2) is 4.76. The number of H-pyrrole nitrogens is 1. The highest BCUT2D eigenvalue weighted by Gasteiger charge is 2.05. The molecule has 0 bridgehead atoms. The molecule has 0 unspecified atom stereocenters. The van der Waals surface area contributed by atoms with E-state index < -0.39 is 0 Å². The Labute approximate surface area is 93.2 Å². The van der Waals surface area contributed by atoms with E-state index in [1.165, 1.54) is 0 Å². The molecule has 1 aromatic heterocycles. The van der Waals surface area contributed by atoms with Crippen LogP contribution in [-0.2, 0) is 4.79 Å². The minimum Gasteiger partial charge on any atom is -0.323 e. The van der Waals surface area contributed by atoms with Crippen molar-refractivity contribution in [3.8, 4) is 0 Å². The molecule has 16 heavy (non-hydrogen) atoms. The Balaban J connectivity index is 2.14. The van der Waals surface area contributed by atoms with Crippen LogP contribution in [0.1, 0.15) is 6.92 Å². The lowest BCUT2D eigenvalue weighted by molar-refractivity contribution is -0.115. The van der Waals surface area contributed by atoms with E-state index in [4.69, 9.17) is 0 Å². The van der Waals surface area contributed by atoms with Crippen molar-refractivity contribution in [1.29, 1.82) is 0 Å². The van der Waals surface area contributed by atoms with Crippen LogP contribution in [0, 0.1) is 0 Å². The van der Waals surface area contributed by atoms with Crippen molar-refractivity contribution in [1.82, 2.24) is 15.5 Å². The summed E-state index contributed by atoms with van der Waals surface area (Å²) in [5.41, 5.74) is 1.62. The summed E-state index contributed by atoms with van der Waals surface area (Å²) in [5, 5.41) is 13.6. The molecule has 84 valence electrons. The minimum absolute atomic E-state index is 0.0519. The zero-order valence-electron chi connectivity index (χ0n) is 9.08. The van der Waals surface area contributed by atoms with Crippen molar-refractivity contribution in [2.45, 2.75) is 6.92 Å². The summed E-state index contributed by atoms with van der Waals surface area (Å²) in [4.78, 5) is 11.5. The maximum atomic E-state index is 11.5. The van der Waals surface area contributed by atoms with Crippen LogP contribution < -0.4 is 10.6 Å². The molecule has 1 heterocycles. The number of hydrogen-bond acceptors (Lipinski definition) is 3. The molecule has 1 amide bonds. The number of aromatic nitrogens is 2. The van der Waals surface area contributed by atoms with E-state index in [2.05, 4.69) is 20.8 Å². The maximum Gasteiger partial charge on any atom is 0.238 e. The van der Waals surface area contributed by atoms with E-state index in [0.717, 1.165) is 23.1 Å². The summed E-state index contributed by atoms with van der Waals surface area (Å²) in [5.74, 6) is -0.0519. The first-order chi connectivity index (χ1) is 7.81. The van der Waals surface area contributed by atoms with Gasteiger partial charge in [0.25, 0.3) is 0 Å². The van der Waals surface area contributed by atoms with Gasteiger partial charge in [0.15, 0.2) is 0 Å². The van der Waals surface area contributed by atoms with Gasteiger partial charge < -0.3 is 10.6 Å². The van der Waals surface area contributed by atoms with Gasteiger partial charge in [0.05, 0.1) is 23.9 Å². The van der Waals surface area contributed by atoms with Crippen LogP contribution in [0.15, 0.2) is 24.4 Å². The van der Waals surface area contributed by atoms with Gasteiger partial charge in [-0.15, -0.1) is 0 Å². The molecule has 3 N–H and O–H groups in total. The number of nitrogens with one attached hydrogen (secondary N) is 3. The number of fused-ring (bicyclic) bond motifs is 1. The molecular weight excluding hydrogens is 204 g/mol. The van der Waals surface area contributed by atoms with Gasteiger partial charge in [-0.05, 0) is 12.6 Å². The lowest BCUT2D eigenvalue weighted by atomic mass is 10.2. The fourth-order valence-electron chi connectivity index (χ4n) is 1.51. The Bertz CT molecular complexity index is 491. The average Bonchev–Trinajstić information content (AvgIpc) is 2.75. The summed E-state index contributed by atoms with van der Waals surface area (Å²) >= 11 is 0. The monoisotopic (exact) mass is 218 g/mol. The number of carbonyl (C=O) groups excluding carboxylic acids is 1. The second-order valence-electron chi connectivity index (χ2n) is 3.47. The number of amides is 1. The number of rotatable bonds is 4. The van der Waals surface area contributed by atoms with Crippen molar-refractivity contribution >= 4 is 22.5 Å². The van der Waals surface area contributed by atoms with Crippen molar-refractivity contribution in [3.05, 3.63) is 24.4 Å². The summed E-state index contributed by atoms with van der Waals surface area (Å²) < 4.78 is 0. The third-order valence-corrected chi connectivity index (χ3v) is 2.29. The lowest BCUT2D eigenvalue weighted by Crippen LogP contribution is -2.27. The van der Waals surface area contributed by atoms with Crippen LogP contribution in [0.25, 0.3) is 10.9 Å². The van der Waals surface area contributed by atoms with E-state index in [0.29, 0.717) is 6.54 Å². The predicted molar refractivity (Wildman–Crippen MR) is 63.3 cm³/mol. The summed E-state index contributed by atoms with van der Waals surface area (Å²) in [7, 11) is 0. The number of para-hydroxylation sites is 1. The summed E-state index contributed by atoms with van der Waals surface area (Å²) in [6, 6.07) is 5.68. The van der Waals surface area contributed by atoms with E-state index in [-0.39, 0.29) is 5.91 Å². The number of carbonyl (C=O) groups is 1. The SMILES string of the molecule is CCNCC(=O)Nc1cccc2cn[nH]c12. The Hall–Kier alpha value is -1.88. The van der Waals surface area contributed by atoms with Gasteiger partial charge in [-0.1, -0.05) is 19.1 Å². The number of nitrogens with zero attached hydrogens (tertiary/aromatic N) is 1. The van der Waals surface area contributed by atoms with Crippen LogP contribution in [0.2, 0.25) is 0 Å². The van der Waals surface area contributed by atoms with Crippen LogP contribution in [0.4, 0.5) is 5.69 Å². The van der Waals surface area contributed by atoms with E-state index in [9.17, 15) is 4.79 Å². The lowest BCUT2D eigenvalue weighted by Gasteiger charge is -2.06. The molecule has 0 aliphatic carbocycles. The normalized spacial score (nSPS) is 10.6. The van der Waals surface area contributed by atoms with Crippen molar-refractivity contribution in [2.24, 2.45) is 0 Å². The number of benzene rings is 1. The average molecular weight is 218 g/mol. The highest BCUT2D eigenvalue weighted by Crippen LogP contribution is 2.19. The Morgan fingerprint density at radius 1 is 1.50 bits per heavy atom. The predicted octanol–water partition coefficient (Wildman–Crippen LogP) is 1.11. The molecule has 0 atom stereocenters. The van der Waals surface area contributed by atoms with Crippen molar-refractivity contribution in [3.63, 3.8) is 0 Å². The largest absolute Gasteiger partial charge is 0.323 e. The van der Waals surface area contributed by atoms with Crippen LogP contribution in [0.5, 0.6) is 0 Å². The molecule has 0 spiro atoms. The molecule has 1 aromatic carbocycles. The molecule has 2 rings (SSSR count). The first-order valence-corrected chi connectivity index (χ1v) is 5.24. The van der Waals surface area contributed by atoms with Crippen LogP contribution in [0.3, 0.4) is 0 Å². The third kappa shape index (κ3) is 2.20. The molecule has 0 radical (unpaired) electrons. The van der Waals surface area contributed by atoms with E-state index in [1.54, 1.807) is 6.20 Å². The van der Waals surface area contributed by atoms with E-state index >= 15 is 0 Å². The smallest absolute Gasteiger partial charge is 0.238 e. The van der Waals surface area contributed by atoms with Crippen LogP contribution in [-0.4, -0.2) is 29.2 Å². The summed E-state index contributed by atoms with van der Waals surface area (Å²) in [6.45, 7) is 3.06. The molecule has 2 aromatic rings. The fraction of sp³-hybridized carbons (Fsp3) is 0.273. The van der Waals surface area contributed by atoms with Crippen LogP contribution >= 0.6 is 0 Å². The zero-order chi connectivity index (χ0) is 11.4. The topological polar surface area (TPSA) is 69.8 Å². The number of aromatic amines is 1. The Morgan fingerprint density at radius 3 is 3.19 bits per heavy atom. The van der Waals surface area contributed by atoms with Gasteiger partial charge in [-0.3, -0.25) is 9.89 Å². The molecule has 0 fully saturated rings. The fourth-order valence-corrected chi connectivity index (χ4v) is 1.51. The highest BCUT2D eigenvalue weighted by molar-refractivity contribution is 6.00. The molecule has 0 saturated heterocycles. The molecule has 5 heteroatoms. The second-order valence-corrected chi connectivity index (χ2v) is 3.47. The van der Waals surface area contributed by atoms with Gasteiger partial charge >= 0.3 is 0 Å². The molecule has 0 aliphatic heterocycles. The molecule has 0 aliphatic rings. The van der Waals surface area contributed by atoms with E-state index in [1.807, 2.05) is 25.1 Å². The van der Waals surface area contributed by atoms with Gasteiger partial charge in [-0.2, -0.15) is 5.10 Å². The number of likely N-dealkylation sites (N-methyl/N-ethyl adjacent to an activating group) is 1. The van der Waals surface area contributed by atoms with Crippen molar-refractivity contribution < 1.29 is 4.79 Å². The van der Waals surface area contributed by atoms with Gasteiger partial charge in [0.2, 0.25) is 5.91 Å². The first kappa shape index (κ1) is 10.6. The first-order valence-electron chi connectivity index (χ1n) is 5.24. The molecule has 5 nitrogen and oxygen atoms in total. The number of anilines is 1. The Morgan fingerprint density at radius 2 is 2.38 bits per heavy atom.